The highest BCUT2D eigenvalue weighted by Crippen LogP contribution is 2.42. The Morgan fingerprint density at radius 2 is 1.75 bits per heavy atom. The Morgan fingerprint density at radius 3 is 2.30 bits per heavy atom. The zero-order valence-electron chi connectivity index (χ0n) is 11.2. The Kier molecular flexibility index (Phi) is 5.02. The highest BCUT2D eigenvalue weighted by atomic mass is 79.9. The van der Waals surface area contributed by atoms with Gasteiger partial charge in [0.2, 0.25) is 0 Å². The van der Waals surface area contributed by atoms with E-state index < -0.39 is 15.1 Å². The molecular formula is C13H16Br2O4S. The Hall–Kier alpha value is -0.270. The third kappa shape index (κ3) is 3.49. The molecule has 1 aromatic carbocycles. The van der Waals surface area contributed by atoms with Crippen molar-refractivity contribution in [2.45, 2.75) is 23.4 Å². The molecule has 0 N–H and O–H groups in total. The number of alkyl halides is 1. The smallest absolute Gasteiger partial charge is 0.162 e. The fourth-order valence-electron chi connectivity index (χ4n) is 1.88. The molecule has 1 aliphatic heterocycles. The highest BCUT2D eigenvalue weighted by Gasteiger charge is 2.28. The minimum Gasteiger partial charge on any atom is -0.490 e. The van der Waals surface area contributed by atoms with Gasteiger partial charge in [-0.1, -0.05) is 31.9 Å². The monoisotopic (exact) mass is 426 g/mol. The van der Waals surface area contributed by atoms with Gasteiger partial charge in [0.05, 0.1) is 23.3 Å². The average molecular weight is 428 g/mol. The fraction of sp³-hybridized carbons (Fsp3) is 0.538. The summed E-state index contributed by atoms with van der Waals surface area (Å²) in [5.74, 6) is 1.34. The molecule has 0 saturated carbocycles. The van der Waals surface area contributed by atoms with Gasteiger partial charge in [0.25, 0.3) is 0 Å². The number of benzene rings is 1. The Balaban J connectivity index is 2.40. The molecule has 0 bridgehead atoms. The maximum absolute atomic E-state index is 11.7. The zero-order valence-corrected chi connectivity index (χ0v) is 15.2. The van der Waals surface area contributed by atoms with Crippen molar-refractivity contribution in [3.05, 3.63) is 22.2 Å². The molecule has 0 radical (unpaired) electrons. The van der Waals surface area contributed by atoms with E-state index in [0.717, 1.165) is 16.5 Å². The van der Waals surface area contributed by atoms with Crippen LogP contribution in [-0.2, 0) is 9.84 Å². The fourth-order valence-corrected chi connectivity index (χ4v) is 4.89. The number of hydrogen-bond donors (Lipinski definition) is 0. The molecule has 1 heterocycles. The lowest BCUT2D eigenvalue weighted by molar-refractivity contribution is 0.297. The summed E-state index contributed by atoms with van der Waals surface area (Å²) in [6.45, 7) is 2.91. The van der Waals surface area contributed by atoms with Crippen LogP contribution in [-0.4, -0.2) is 33.1 Å². The van der Waals surface area contributed by atoms with Gasteiger partial charge in [-0.15, -0.1) is 0 Å². The van der Waals surface area contributed by atoms with Crippen molar-refractivity contribution >= 4 is 41.7 Å². The lowest BCUT2D eigenvalue weighted by Crippen LogP contribution is -2.21. The van der Waals surface area contributed by atoms with E-state index in [9.17, 15) is 8.42 Å². The zero-order chi connectivity index (χ0) is 14.9. The number of sulfone groups is 1. The van der Waals surface area contributed by atoms with Crippen molar-refractivity contribution in [1.82, 2.24) is 0 Å². The minimum absolute atomic E-state index is 0.316. The second-order valence-corrected chi connectivity index (χ2v) is 9.05. The summed E-state index contributed by atoms with van der Waals surface area (Å²) >= 11 is 6.96. The van der Waals surface area contributed by atoms with Gasteiger partial charge in [-0.05, 0) is 24.6 Å². The summed E-state index contributed by atoms with van der Waals surface area (Å²) in [5.41, 5.74) is 0.840. The van der Waals surface area contributed by atoms with E-state index in [1.807, 2.05) is 12.1 Å². The first-order valence-electron chi connectivity index (χ1n) is 6.22. The molecule has 0 fully saturated rings. The van der Waals surface area contributed by atoms with E-state index in [1.165, 1.54) is 6.26 Å². The van der Waals surface area contributed by atoms with Gasteiger partial charge in [-0.3, -0.25) is 0 Å². The van der Waals surface area contributed by atoms with Crippen molar-refractivity contribution in [1.29, 1.82) is 0 Å². The van der Waals surface area contributed by atoms with Crippen molar-refractivity contribution in [3.63, 3.8) is 0 Å². The summed E-state index contributed by atoms with van der Waals surface area (Å²) < 4.78 is 35.5. The Bertz CT molecular complexity index is 601. The summed E-state index contributed by atoms with van der Waals surface area (Å²) in [6, 6.07) is 3.67. The third-order valence-corrected chi connectivity index (χ3v) is 7.20. The molecule has 0 aliphatic carbocycles. The predicted octanol–water partition coefficient (Wildman–Crippen LogP) is 3.48. The molecule has 4 nitrogen and oxygen atoms in total. The topological polar surface area (TPSA) is 52.6 Å². The average Bonchev–Trinajstić information content (AvgIpc) is 2.59. The molecule has 7 heteroatoms. The van der Waals surface area contributed by atoms with E-state index in [4.69, 9.17) is 9.47 Å². The first-order chi connectivity index (χ1) is 9.30. The maximum Gasteiger partial charge on any atom is 0.162 e. The van der Waals surface area contributed by atoms with Crippen LogP contribution in [0, 0.1) is 0 Å². The second kappa shape index (κ2) is 6.23. The second-order valence-electron chi connectivity index (χ2n) is 4.81. The quantitative estimate of drug-likeness (QED) is 0.693. The Labute approximate surface area is 136 Å². The number of halogens is 2. The van der Waals surface area contributed by atoms with Crippen LogP contribution >= 0.6 is 31.9 Å². The molecule has 0 aromatic heterocycles. The molecule has 112 valence electrons. The van der Waals surface area contributed by atoms with Crippen molar-refractivity contribution in [2.75, 3.05) is 19.5 Å². The highest BCUT2D eigenvalue weighted by molar-refractivity contribution is 9.11. The number of hydrogen-bond acceptors (Lipinski definition) is 4. The molecule has 1 aliphatic rings. The van der Waals surface area contributed by atoms with Crippen LogP contribution in [0.4, 0.5) is 0 Å². The predicted molar refractivity (Wildman–Crippen MR) is 85.7 cm³/mol. The van der Waals surface area contributed by atoms with Crippen LogP contribution < -0.4 is 9.47 Å². The Morgan fingerprint density at radius 1 is 1.20 bits per heavy atom. The van der Waals surface area contributed by atoms with Crippen LogP contribution in [0.2, 0.25) is 0 Å². The van der Waals surface area contributed by atoms with Crippen molar-refractivity contribution in [3.8, 4) is 11.5 Å². The van der Waals surface area contributed by atoms with Crippen molar-refractivity contribution < 1.29 is 17.9 Å². The third-order valence-electron chi connectivity index (χ3n) is 3.25. The first kappa shape index (κ1) is 16.1. The summed E-state index contributed by atoms with van der Waals surface area (Å²) in [7, 11) is -3.14. The van der Waals surface area contributed by atoms with E-state index in [1.54, 1.807) is 6.92 Å². The molecule has 2 rings (SSSR count). The minimum atomic E-state index is -3.14. The summed E-state index contributed by atoms with van der Waals surface area (Å²) in [5, 5.41) is -0.538. The molecule has 2 unspecified atom stereocenters. The van der Waals surface area contributed by atoms with E-state index in [2.05, 4.69) is 31.9 Å². The van der Waals surface area contributed by atoms with Gasteiger partial charge in [0, 0.05) is 17.1 Å². The van der Waals surface area contributed by atoms with Gasteiger partial charge >= 0.3 is 0 Å². The molecule has 20 heavy (non-hydrogen) atoms. The van der Waals surface area contributed by atoms with E-state index in [0.29, 0.717) is 24.7 Å². The molecule has 2 atom stereocenters. The molecule has 0 spiro atoms. The van der Waals surface area contributed by atoms with Gasteiger partial charge in [0.1, 0.15) is 0 Å². The van der Waals surface area contributed by atoms with Crippen LogP contribution in [0.3, 0.4) is 0 Å². The van der Waals surface area contributed by atoms with Crippen LogP contribution in [0.25, 0.3) is 0 Å². The number of rotatable bonds is 3. The van der Waals surface area contributed by atoms with Crippen LogP contribution in [0.15, 0.2) is 16.6 Å². The standard InChI is InChI=1S/C13H16Br2O4S/c1-8(20(2,16)17)13(15)9-6-11-12(7-10(9)14)19-5-3-4-18-11/h6-8,13H,3-5H2,1-2H3. The maximum atomic E-state index is 11.7. The first-order valence-corrected chi connectivity index (χ1v) is 9.89. The van der Waals surface area contributed by atoms with Gasteiger partial charge < -0.3 is 9.47 Å². The lowest BCUT2D eigenvalue weighted by atomic mass is 10.1. The van der Waals surface area contributed by atoms with Crippen LogP contribution in [0.5, 0.6) is 11.5 Å². The van der Waals surface area contributed by atoms with Crippen molar-refractivity contribution in [2.24, 2.45) is 0 Å². The lowest BCUT2D eigenvalue weighted by Gasteiger charge is -2.20. The molecule has 1 aromatic rings. The van der Waals surface area contributed by atoms with E-state index >= 15 is 0 Å². The summed E-state index contributed by atoms with van der Waals surface area (Å²) in [4.78, 5) is -0.316. The van der Waals surface area contributed by atoms with Crippen LogP contribution in [0.1, 0.15) is 23.7 Å². The SMILES string of the molecule is CC(C(Br)c1cc2c(cc1Br)OCCCO2)S(C)(=O)=O. The molecular weight excluding hydrogens is 412 g/mol. The number of ether oxygens (including phenoxy) is 2. The largest absolute Gasteiger partial charge is 0.490 e. The number of fused-ring (bicyclic) bond motifs is 1. The molecule has 0 amide bonds. The van der Waals surface area contributed by atoms with E-state index in [-0.39, 0.29) is 4.83 Å². The van der Waals surface area contributed by atoms with Gasteiger partial charge in [0.15, 0.2) is 21.3 Å². The molecule has 0 saturated heterocycles. The van der Waals surface area contributed by atoms with Gasteiger partial charge in [-0.25, -0.2) is 8.42 Å². The van der Waals surface area contributed by atoms with Gasteiger partial charge in [-0.2, -0.15) is 0 Å². The normalized spacial score (nSPS) is 18.2. The summed E-state index contributed by atoms with van der Waals surface area (Å²) in [6.07, 6.45) is 2.07.